The van der Waals surface area contributed by atoms with Crippen LogP contribution in [0.5, 0.6) is 5.75 Å². The number of carbonyl (C=O) groups excluding carboxylic acids is 1. The number of phenols is 1. The van der Waals surface area contributed by atoms with Gasteiger partial charge in [0.25, 0.3) is 0 Å². The highest BCUT2D eigenvalue weighted by molar-refractivity contribution is 5.79. The summed E-state index contributed by atoms with van der Waals surface area (Å²) in [5.74, 6) is -0.0747. The summed E-state index contributed by atoms with van der Waals surface area (Å²) in [5.41, 5.74) is 0.743. The third-order valence-electron chi connectivity index (χ3n) is 3.42. The Labute approximate surface area is 124 Å². The van der Waals surface area contributed by atoms with Crippen LogP contribution in [-0.2, 0) is 16.8 Å². The minimum Gasteiger partial charge on any atom is -0.508 e. The predicted octanol–water partition coefficient (Wildman–Crippen LogP) is 1.96. The van der Waals surface area contributed by atoms with E-state index in [4.69, 9.17) is 0 Å². The second kappa shape index (κ2) is 6.41. The molecule has 21 heavy (non-hydrogen) atoms. The van der Waals surface area contributed by atoms with Crippen molar-refractivity contribution in [2.24, 2.45) is 0 Å². The summed E-state index contributed by atoms with van der Waals surface area (Å²) in [5, 5.41) is 21.9. The molecule has 0 fully saturated rings. The molecule has 3 N–H and O–H groups in total. The number of aliphatic hydroxyl groups excluding tert-OH is 1. The minimum atomic E-state index is -0.824. The lowest BCUT2D eigenvalue weighted by Gasteiger charge is -2.29. The second-order valence-corrected chi connectivity index (χ2v) is 5.25. The molecule has 4 nitrogen and oxygen atoms in total. The van der Waals surface area contributed by atoms with Gasteiger partial charge in [0.1, 0.15) is 5.75 Å². The fraction of sp³-hybridized carbons (Fsp3) is 0.235. The van der Waals surface area contributed by atoms with Gasteiger partial charge in [0.15, 0.2) is 0 Å². The fourth-order valence-corrected chi connectivity index (χ4v) is 2.21. The van der Waals surface area contributed by atoms with Gasteiger partial charge in [-0.15, -0.1) is 0 Å². The zero-order valence-corrected chi connectivity index (χ0v) is 11.9. The van der Waals surface area contributed by atoms with Crippen molar-refractivity contribution in [3.8, 4) is 5.75 Å². The van der Waals surface area contributed by atoms with Crippen molar-refractivity contribution in [3.05, 3.63) is 65.7 Å². The van der Waals surface area contributed by atoms with Crippen molar-refractivity contribution >= 4 is 5.91 Å². The van der Waals surface area contributed by atoms with Gasteiger partial charge in [-0.25, -0.2) is 0 Å². The minimum absolute atomic E-state index is 0.133. The summed E-state index contributed by atoms with van der Waals surface area (Å²) < 4.78 is 0. The normalized spacial score (nSPS) is 13.4. The van der Waals surface area contributed by atoms with Crippen LogP contribution in [0.2, 0.25) is 0 Å². The maximum Gasteiger partial charge on any atom is 0.225 e. The Bertz CT molecular complexity index is 612. The van der Waals surface area contributed by atoms with E-state index in [-0.39, 0.29) is 24.7 Å². The van der Waals surface area contributed by atoms with Gasteiger partial charge in [-0.1, -0.05) is 42.5 Å². The molecule has 0 bridgehead atoms. The predicted molar refractivity (Wildman–Crippen MR) is 80.8 cm³/mol. The molecular weight excluding hydrogens is 266 g/mol. The summed E-state index contributed by atoms with van der Waals surface area (Å²) in [4.78, 5) is 12.2. The van der Waals surface area contributed by atoms with Crippen LogP contribution in [0.1, 0.15) is 18.1 Å². The van der Waals surface area contributed by atoms with Crippen molar-refractivity contribution in [1.82, 2.24) is 5.32 Å². The molecule has 0 heterocycles. The van der Waals surface area contributed by atoms with Crippen LogP contribution < -0.4 is 5.32 Å². The zero-order chi connectivity index (χ0) is 15.3. The van der Waals surface area contributed by atoms with Crippen molar-refractivity contribution in [2.45, 2.75) is 18.9 Å². The van der Waals surface area contributed by atoms with E-state index in [9.17, 15) is 15.0 Å². The number of hydrogen-bond donors (Lipinski definition) is 3. The quantitative estimate of drug-likeness (QED) is 0.786. The molecule has 0 saturated heterocycles. The molecule has 1 amide bonds. The van der Waals surface area contributed by atoms with Crippen molar-refractivity contribution in [3.63, 3.8) is 0 Å². The molecule has 2 rings (SSSR count). The number of phenolic OH excluding ortho intramolecular Hbond substituents is 1. The summed E-state index contributed by atoms with van der Waals surface area (Å²) in [6.45, 7) is 1.59. The highest BCUT2D eigenvalue weighted by atomic mass is 16.3. The maximum atomic E-state index is 12.2. The molecule has 0 aliphatic carbocycles. The largest absolute Gasteiger partial charge is 0.508 e. The molecule has 0 radical (unpaired) electrons. The van der Waals surface area contributed by atoms with Crippen LogP contribution in [0.25, 0.3) is 0 Å². The van der Waals surface area contributed by atoms with Crippen LogP contribution >= 0.6 is 0 Å². The van der Waals surface area contributed by atoms with E-state index < -0.39 is 5.54 Å². The zero-order valence-electron chi connectivity index (χ0n) is 11.9. The van der Waals surface area contributed by atoms with Gasteiger partial charge < -0.3 is 15.5 Å². The molecule has 2 aromatic rings. The summed E-state index contributed by atoms with van der Waals surface area (Å²) >= 11 is 0. The molecule has 0 aliphatic heterocycles. The smallest absolute Gasteiger partial charge is 0.225 e. The Morgan fingerprint density at radius 1 is 1.14 bits per heavy atom. The first kappa shape index (κ1) is 15.1. The number of rotatable bonds is 5. The van der Waals surface area contributed by atoms with E-state index in [0.717, 1.165) is 11.1 Å². The number of amides is 1. The lowest BCUT2D eigenvalue weighted by Crippen LogP contribution is -2.46. The fourth-order valence-electron chi connectivity index (χ4n) is 2.21. The SMILES string of the molecule is CC(CO)(NC(=O)Cc1cccc(O)c1)c1ccccc1. The maximum absolute atomic E-state index is 12.2. The molecule has 2 aromatic carbocycles. The topological polar surface area (TPSA) is 69.6 Å². The Balaban J connectivity index is 2.10. The third kappa shape index (κ3) is 3.83. The van der Waals surface area contributed by atoms with Gasteiger partial charge in [0, 0.05) is 0 Å². The highest BCUT2D eigenvalue weighted by Crippen LogP contribution is 2.20. The molecule has 110 valence electrons. The average molecular weight is 285 g/mol. The van der Waals surface area contributed by atoms with Gasteiger partial charge in [0.2, 0.25) is 5.91 Å². The Morgan fingerprint density at radius 2 is 1.86 bits per heavy atom. The molecule has 1 unspecified atom stereocenters. The molecule has 0 aromatic heterocycles. The standard InChI is InChI=1S/C17H19NO3/c1-17(12-19,14-7-3-2-4-8-14)18-16(21)11-13-6-5-9-15(20)10-13/h2-10,19-20H,11-12H2,1H3,(H,18,21). The Kier molecular flexibility index (Phi) is 4.60. The van der Waals surface area contributed by atoms with E-state index in [2.05, 4.69) is 5.32 Å². The number of hydrogen-bond acceptors (Lipinski definition) is 3. The van der Waals surface area contributed by atoms with Gasteiger partial charge >= 0.3 is 0 Å². The number of aromatic hydroxyl groups is 1. The highest BCUT2D eigenvalue weighted by Gasteiger charge is 2.27. The van der Waals surface area contributed by atoms with Gasteiger partial charge in [-0.05, 0) is 30.2 Å². The number of nitrogens with one attached hydrogen (secondary N) is 1. The lowest BCUT2D eigenvalue weighted by molar-refractivity contribution is -0.122. The molecular formula is C17H19NO3. The summed E-state index contributed by atoms with van der Waals surface area (Å²) in [7, 11) is 0. The van der Waals surface area contributed by atoms with E-state index >= 15 is 0 Å². The van der Waals surface area contributed by atoms with Gasteiger partial charge in [0.05, 0.1) is 18.6 Å². The number of benzene rings is 2. The first-order chi connectivity index (χ1) is 10.0. The Hall–Kier alpha value is -2.33. The van der Waals surface area contributed by atoms with Crippen LogP contribution in [0, 0.1) is 0 Å². The van der Waals surface area contributed by atoms with Crippen LogP contribution in [0.3, 0.4) is 0 Å². The third-order valence-corrected chi connectivity index (χ3v) is 3.42. The molecule has 0 spiro atoms. The van der Waals surface area contributed by atoms with E-state index in [1.807, 2.05) is 30.3 Å². The number of carbonyl (C=O) groups is 1. The van der Waals surface area contributed by atoms with Gasteiger partial charge in [-0.3, -0.25) is 4.79 Å². The average Bonchev–Trinajstić information content (AvgIpc) is 2.48. The molecule has 0 aliphatic rings. The number of aliphatic hydroxyl groups is 1. The first-order valence-corrected chi connectivity index (χ1v) is 6.79. The lowest BCUT2D eigenvalue weighted by atomic mass is 9.92. The molecule has 1 atom stereocenters. The van der Waals surface area contributed by atoms with E-state index in [1.165, 1.54) is 0 Å². The van der Waals surface area contributed by atoms with Crippen LogP contribution in [0.4, 0.5) is 0 Å². The van der Waals surface area contributed by atoms with E-state index in [1.54, 1.807) is 31.2 Å². The molecule has 4 heteroatoms. The molecule has 0 saturated carbocycles. The summed E-state index contributed by atoms with van der Waals surface area (Å²) in [6.07, 6.45) is 0.150. The van der Waals surface area contributed by atoms with Crippen molar-refractivity contribution < 1.29 is 15.0 Å². The monoisotopic (exact) mass is 285 g/mol. The first-order valence-electron chi connectivity index (χ1n) is 6.79. The van der Waals surface area contributed by atoms with Crippen molar-refractivity contribution in [1.29, 1.82) is 0 Å². The second-order valence-electron chi connectivity index (χ2n) is 5.25. The Morgan fingerprint density at radius 3 is 2.48 bits per heavy atom. The van der Waals surface area contributed by atoms with Gasteiger partial charge in [-0.2, -0.15) is 0 Å². The van der Waals surface area contributed by atoms with E-state index in [0.29, 0.717) is 0 Å². The van der Waals surface area contributed by atoms with Crippen molar-refractivity contribution in [2.75, 3.05) is 6.61 Å². The van der Waals surface area contributed by atoms with Crippen LogP contribution in [-0.4, -0.2) is 22.7 Å². The van der Waals surface area contributed by atoms with Crippen LogP contribution in [0.15, 0.2) is 54.6 Å². The summed E-state index contributed by atoms with van der Waals surface area (Å²) in [6, 6.07) is 15.9.